The Bertz CT molecular complexity index is 323. The average molecular weight is 221 g/mol. The molecular weight excluding hydrogens is 198 g/mol. The van der Waals surface area contributed by atoms with Gasteiger partial charge in [0.1, 0.15) is 11.5 Å². The lowest BCUT2D eigenvalue weighted by Crippen LogP contribution is -2.33. The van der Waals surface area contributed by atoms with Crippen molar-refractivity contribution in [3.8, 4) is 0 Å². The fourth-order valence-electron chi connectivity index (χ4n) is 2.65. The summed E-state index contributed by atoms with van der Waals surface area (Å²) in [6, 6.07) is 4.09. The zero-order valence-corrected chi connectivity index (χ0v) is 10.5. The predicted octanol–water partition coefficient (Wildman–Crippen LogP) is 3.65. The topological polar surface area (TPSA) is 25.2 Å². The monoisotopic (exact) mass is 221 g/mol. The highest BCUT2D eigenvalue weighted by atomic mass is 16.3. The van der Waals surface area contributed by atoms with Crippen LogP contribution in [-0.2, 0) is 6.54 Å². The zero-order chi connectivity index (χ0) is 11.4. The number of nitrogens with one attached hydrogen (secondary N) is 1. The van der Waals surface area contributed by atoms with Crippen molar-refractivity contribution < 1.29 is 4.42 Å². The normalized spacial score (nSPS) is 19.9. The Morgan fingerprint density at radius 3 is 2.62 bits per heavy atom. The summed E-state index contributed by atoms with van der Waals surface area (Å²) in [7, 11) is 0. The summed E-state index contributed by atoms with van der Waals surface area (Å²) in [5.41, 5.74) is 0.514. The maximum Gasteiger partial charge on any atom is 0.117 e. The summed E-state index contributed by atoms with van der Waals surface area (Å²) in [6.07, 6.45) is 6.97. The summed E-state index contributed by atoms with van der Waals surface area (Å²) >= 11 is 0. The first kappa shape index (κ1) is 11.7. The van der Waals surface area contributed by atoms with Gasteiger partial charge in [0.25, 0.3) is 0 Å². The summed E-state index contributed by atoms with van der Waals surface area (Å²) in [5.74, 6) is 2.05. The fourth-order valence-corrected chi connectivity index (χ4v) is 2.65. The van der Waals surface area contributed by atoms with Crippen molar-refractivity contribution in [1.82, 2.24) is 5.32 Å². The van der Waals surface area contributed by atoms with Crippen molar-refractivity contribution in [2.24, 2.45) is 5.41 Å². The van der Waals surface area contributed by atoms with E-state index in [4.69, 9.17) is 4.42 Å². The van der Waals surface area contributed by atoms with E-state index in [2.05, 4.69) is 18.3 Å². The molecule has 1 aromatic heterocycles. The summed E-state index contributed by atoms with van der Waals surface area (Å²) < 4.78 is 5.54. The predicted molar refractivity (Wildman–Crippen MR) is 66.3 cm³/mol. The van der Waals surface area contributed by atoms with E-state index in [1.165, 1.54) is 32.1 Å². The first-order valence-electron chi connectivity index (χ1n) is 6.44. The number of hydrogen-bond donors (Lipinski definition) is 1. The van der Waals surface area contributed by atoms with Gasteiger partial charge < -0.3 is 9.73 Å². The molecule has 2 rings (SSSR count). The van der Waals surface area contributed by atoms with Crippen LogP contribution in [0.15, 0.2) is 16.5 Å². The molecule has 1 aromatic rings. The number of aryl methyl sites for hydroxylation is 1. The second kappa shape index (κ2) is 5.05. The van der Waals surface area contributed by atoms with E-state index in [-0.39, 0.29) is 0 Å². The molecule has 0 saturated heterocycles. The molecule has 0 radical (unpaired) electrons. The minimum Gasteiger partial charge on any atom is -0.465 e. The van der Waals surface area contributed by atoms with Crippen LogP contribution in [0.1, 0.15) is 50.5 Å². The van der Waals surface area contributed by atoms with Gasteiger partial charge in [-0.25, -0.2) is 0 Å². The van der Waals surface area contributed by atoms with Crippen molar-refractivity contribution >= 4 is 0 Å². The van der Waals surface area contributed by atoms with Gasteiger partial charge in [0, 0.05) is 6.54 Å². The van der Waals surface area contributed by atoms with Crippen LogP contribution in [-0.4, -0.2) is 6.54 Å². The Morgan fingerprint density at radius 1 is 1.25 bits per heavy atom. The lowest BCUT2D eigenvalue weighted by atomic mass is 9.76. The fraction of sp³-hybridized carbons (Fsp3) is 0.714. The lowest BCUT2D eigenvalue weighted by Gasteiger charge is -2.33. The van der Waals surface area contributed by atoms with Gasteiger partial charge >= 0.3 is 0 Å². The molecule has 0 aliphatic heterocycles. The molecule has 0 aromatic carbocycles. The maximum atomic E-state index is 5.54. The van der Waals surface area contributed by atoms with Crippen molar-refractivity contribution in [1.29, 1.82) is 0 Å². The van der Waals surface area contributed by atoms with Gasteiger partial charge in [-0.3, -0.25) is 0 Å². The van der Waals surface area contributed by atoms with E-state index in [9.17, 15) is 0 Å². The molecular formula is C14H23NO. The molecule has 0 atom stereocenters. The van der Waals surface area contributed by atoms with E-state index in [1.807, 2.05) is 13.0 Å². The lowest BCUT2D eigenvalue weighted by molar-refractivity contribution is 0.205. The van der Waals surface area contributed by atoms with E-state index in [0.717, 1.165) is 24.6 Å². The quantitative estimate of drug-likeness (QED) is 0.839. The summed E-state index contributed by atoms with van der Waals surface area (Å²) in [6.45, 7) is 6.38. The van der Waals surface area contributed by atoms with Crippen LogP contribution in [0.3, 0.4) is 0 Å². The Labute approximate surface area is 98.4 Å². The summed E-state index contributed by atoms with van der Waals surface area (Å²) in [5, 5.41) is 3.53. The SMILES string of the molecule is Cc1ccc(CNCC2(C)CCCCC2)o1. The van der Waals surface area contributed by atoms with E-state index < -0.39 is 0 Å². The molecule has 2 heteroatoms. The third-order valence-corrected chi connectivity index (χ3v) is 3.71. The molecule has 1 saturated carbocycles. The Balaban J connectivity index is 1.74. The van der Waals surface area contributed by atoms with Crippen LogP contribution in [0.5, 0.6) is 0 Å². The molecule has 0 bridgehead atoms. The maximum absolute atomic E-state index is 5.54. The third kappa shape index (κ3) is 3.11. The standard InChI is InChI=1S/C14H23NO/c1-12-6-7-13(16-12)10-15-11-14(2)8-4-3-5-9-14/h6-7,15H,3-5,8-11H2,1-2H3. The Kier molecular flexibility index (Phi) is 3.70. The first-order valence-corrected chi connectivity index (χ1v) is 6.44. The Hall–Kier alpha value is -0.760. The van der Waals surface area contributed by atoms with Gasteiger partial charge in [-0.15, -0.1) is 0 Å². The van der Waals surface area contributed by atoms with Gasteiger partial charge in [-0.1, -0.05) is 26.2 Å². The third-order valence-electron chi connectivity index (χ3n) is 3.71. The largest absolute Gasteiger partial charge is 0.465 e. The summed E-state index contributed by atoms with van der Waals surface area (Å²) in [4.78, 5) is 0. The smallest absolute Gasteiger partial charge is 0.117 e. The van der Waals surface area contributed by atoms with Gasteiger partial charge in [0.2, 0.25) is 0 Å². The van der Waals surface area contributed by atoms with E-state index in [0.29, 0.717) is 5.41 Å². The molecule has 90 valence electrons. The van der Waals surface area contributed by atoms with Crippen LogP contribution >= 0.6 is 0 Å². The van der Waals surface area contributed by atoms with E-state index >= 15 is 0 Å². The second-order valence-electron chi connectivity index (χ2n) is 5.49. The molecule has 0 amide bonds. The molecule has 1 N–H and O–H groups in total. The number of rotatable bonds is 4. The minimum absolute atomic E-state index is 0.514. The van der Waals surface area contributed by atoms with Crippen molar-refractivity contribution in [3.63, 3.8) is 0 Å². The van der Waals surface area contributed by atoms with E-state index in [1.54, 1.807) is 0 Å². The van der Waals surface area contributed by atoms with Gasteiger partial charge in [0.05, 0.1) is 6.54 Å². The first-order chi connectivity index (χ1) is 7.68. The van der Waals surface area contributed by atoms with Gasteiger partial charge in [0.15, 0.2) is 0 Å². The van der Waals surface area contributed by atoms with Gasteiger partial charge in [-0.05, 0) is 37.3 Å². The van der Waals surface area contributed by atoms with Crippen LogP contribution in [0.2, 0.25) is 0 Å². The van der Waals surface area contributed by atoms with Crippen LogP contribution in [0.4, 0.5) is 0 Å². The molecule has 16 heavy (non-hydrogen) atoms. The molecule has 1 aliphatic carbocycles. The highest BCUT2D eigenvalue weighted by Crippen LogP contribution is 2.34. The highest BCUT2D eigenvalue weighted by Gasteiger charge is 2.25. The van der Waals surface area contributed by atoms with Crippen LogP contribution in [0.25, 0.3) is 0 Å². The van der Waals surface area contributed by atoms with Crippen molar-refractivity contribution in [2.45, 2.75) is 52.5 Å². The number of hydrogen-bond acceptors (Lipinski definition) is 2. The van der Waals surface area contributed by atoms with Crippen molar-refractivity contribution in [3.05, 3.63) is 23.7 Å². The average Bonchev–Trinajstić information content (AvgIpc) is 2.65. The molecule has 0 spiro atoms. The zero-order valence-electron chi connectivity index (χ0n) is 10.5. The Morgan fingerprint density at radius 2 is 2.00 bits per heavy atom. The second-order valence-corrected chi connectivity index (χ2v) is 5.49. The van der Waals surface area contributed by atoms with Crippen molar-refractivity contribution in [2.75, 3.05) is 6.54 Å². The van der Waals surface area contributed by atoms with Gasteiger partial charge in [-0.2, -0.15) is 0 Å². The minimum atomic E-state index is 0.514. The molecule has 1 heterocycles. The van der Waals surface area contributed by atoms with Crippen LogP contribution in [0, 0.1) is 12.3 Å². The molecule has 1 aliphatic rings. The molecule has 2 nitrogen and oxygen atoms in total. The molecule has 1 fully saturated rings. The molecule has 0 unspecified atom stereocenters. The number of furan rings is 1. The highest BCUT2D eigenvalue weighted by molar-refractivity contribution is 5.05. The van der Waals surface area contributed by atoms with Crippen LogP contribution < -0.4 is 5.32 Å².